The molecular weight excluding hydrogens is 178 g/mol. The molecule has 1 aromatic carbocycles. The minimum Gasteiger partial charge on any atom is -0.298 e. The summed E-state index contributed by atoms with van der Waals surface area (Å²) in [5, 5.41) is 8.68. The highest BCUT2D eigenvalue weighted by Crippen LogP contribution is 2.15. The molecule has 0 fully saturated rings. The summed E-state index contributed by atoms with van der Waals surface area (Å²) in [6.07, 6.45) is 0.655. The third-order valence-corrected chi connectivity index (χ3v) is 2.08. The van der Waals surface area contributed by atoms with Crippen LogP contribution in [0.15, 0.2) is 12.1 Å². The van der Waals surface area contributed by atoms with E-state index in [9.17, 15) is 9.59 Å². The first-order chi connectivity index (χ1) is 6.60. The summed E-state index contributed by atoms with van der Waals surface area (Å²) in [5.41, 5.74) is 1.80. The quantitative estimate of drug-likeness (QED) is 0.524. The van der Waals surface area contributed by atoms with Crippen molar-refractivity contribution in [2.75, 3.05) is 0 Å². The number of carbonyl (C=O) groups excluding carboxylic acids is 2. The lowest BCUT2D eigenvalue weighted by Gasteiger charge is -2.04. The number of carbonyl (C=O) groups is 2. The Morgan fingerprint density at radius 1 is 1.50 bits per heavy atom. The molecule has 1 aromatic rings. The van der Waals surface area contributed by atoms with E-state index < -0.39 is 0 Å². The molecule has 3 nitrogen and oxygen atoms in total. The Balaban J connectivity index is 3.51. The number of hydrogen-bond donors (Lipinski definition) is 0. The van der Waals surface area contributed by atoms with Crippen LogP contribution in [0.4, 0.5) is 0 Å². The van der Waals surface area contributed by atoms with E-state index in [1.165, 1.54) is 19.1 Å². The van der Waals surface area contributed by atoms with E-state index in [4.69, 9.17) is 5.26 Å². The second-order valence-electron chi connectivity index (χ2n) is 3.02. The number of ketones is 1. The third kappa shape index (κ3) is 1.69. The van der Waals surface area contributed by atoms with Crippen LogP contribution in [0.3, 0.4) is 0 Å². The van der Waals surface area contributed by atoms with Gasteiger partial charge in [-0.15, -0.1) is 0 Å². The van der Waals surface area contributed by atoms with Crippen LogP contribution in [0.1, 0.15) is 38.8 Å². The molecule has 0 spiro atoms. The zero-order valence-corrected chi connectivity index (χ0v) is 8.00. The maximum absolute atomic E-state index is 11.2. The molecule has 0 bridgehead atoms. The third-order valence-electron chi connectivity index (χ3n) is 2.08. The van der Waals surface area contributed by atoms with E-state index in [0.717, 1.165) is 0 Å². The van der Waals surface area contributed by atoms with Crippen LogP contribution < -0.4 is 0 Å². The molecule has 14 heavy (non-hydrogen) atoms. The molecule has 3 heteroatoms. The Morgan fingerprint density at radius 3 is 2.57 bits per heavy atom. The van der Waals surface area contributed by atoms with Crippen molar-refractivity contribution in [2.24, 2.45) is 0 Å². The average molecular weight is 187 g/mol. The van der Waals surface area contributed by atoms with Crippen LogP contribution in [0.5, 0.6) is 0 Å². The first-order valence-electron chi connectivity index (χ1n) is 4.11. The molecule has 0 unspecified atom stereocenters. The van der Waals surface area contributed by atoms with Gasteiger partial charge < -0.3 is 0 Å². The summed E-state index contributed by atoms with van der Waals surface area (Å²) in [7, 11) is 0. The molecule has 0 heterocycles. The van der Waals surface area contributed by atoms with E-state index in [0.29, 0.717) is 28.5 Å². The van der Waals surface area contributed by atoms with Gasteiger partial charge in [-0.1, -0.05) is 0 Å². The molecule has 0 aliphatic carbocycles. The standard InChI is InChI=1S/C11H9NO2/c1-7-10(6-13)3-9(5-12)4-11(7)8(2)14/h3-4,6H,1-2H3. The first kappa shape index (κ1) is 10.1. The zero-order chi connectivity index (χ0) is 10.7. The number of hydrogen-bond acceptors (Lipinski definition) is 3. The van der Waals surface area contributed by atoms with Gasteiger partial charge in [-0.3, -0.25) is 9.59 Å². The van der Waals surface area contributed by atoms with Crippen LogP contribution >= 0.6 is 0 Å². The molecule has 0 saturated carbocycles. The maximum Gasteiger partial charge on any atom is 0.160 e. The van der Waals surface area contributed by atoms with Gasteiger partial charge in [-0.25, -0.2) is 0 Å². The number of nitriles is 1. The lowest BCUT2D eigenvalue weighted by atomic mass is 9.97. The van der Waals surface area contributed by atoms with E-state index >= 15 is 0 Å². The van der Waals surface area contributed by atoms with E-state index in [2.05, 4.69) is 0 Å². The van der Waals surface area contributed by atoms with Crippen molar-refractivity contribution in [1.82, 2.24) is 0 Å². The van der Waals surface area contributed by atoms with Crippen molar-refractivity contribution < 1.29 is 9.59 Å². The van der Waals surface area contributed by atoms with E-state index in [1.54, 1.807) is 6.92 Å². The van der Waals surface area contributed by atoms with Gasteiger partial charge in [0.15, 0.2) is 5.78 Å². The fourth-order valence-corrected chi connectivity index (χ4v) is 1.29. The molecule has 0 amide bonds. The smallest absolute Gasteiger partial charge is 0.160 e. The summed E-state index contributed by atoms with van der Waals surface area (Å²) in [6, 6.07) is 4.90. The predicted molar refractivity (Wildman–Crippen MR) is 51.3 cm³/mol. The number of rotatable bonds is 2. The van der Waals surface area contributed by atoms with Crippen LogP contribution in [0.25, 0.3) is 0 Å². The van der Waals surface area contributed by atoms with Crippen molar-refractivity contribution in [2.45, 2.75) is 13.8 Å². The van der Waals surface area contributed by atoms with Gasteiger partial charge in [0.25, 0.3) is 0 Å². The summed E-state index contributed by atoms with van der Waals surface area (Å²) in [4.78, 5) is 21.8. The molecule has 0 aromatic heterocycles. The van der Waals surface area contributed by atoms with Crippen molar-refractivity contribution in [3.63, 3.8) is 0 Å². The molecule has 0 aliphatic rings. The summed E-state index contributed by atoms with van der Waals surface area (Å²) < 4.78 is 0. The molecular formula is C11H9NO2. The Kier molecular flexibility index (Phi) is 2.78. The lowest BCUT2D eigenvalue weighted by molar-refractivity contribution is 0.101. The molecule has 1 rings (SSSR count). The Morgan fingerprint density at radius 2 is 2.14 bits per heavy atom. The van der Waals surface area contributed by atoms with Crippen molar-refractivity contribution in [1.29, 1.82) is 5.26 Å². The van der Waals surface area contributed by atoms with Gasteiger partial charge in [0.2, 0.25) is 0 Å². The van der Waals surface area contributed by atoms with Gasteiger partial charge in [-0.05, 0) is 31.5 Å². The van der Waals surface area contributed by atoms with Crippen LogP contribution in [-0.2, 0) is 0 Å². The maximum atomic E-state index is 11.2. The molecule has 0 radical (unpaired) electrons. The van der Waals surface area contributed by atoms with Gasteiger partial charge in [-0.2, -0.15) is 5.26 Å². The van der Waals surface area contributed by atoms with Gasteiger partial charge >= 0.3 is 0 Å². The normalized spacial score (nSPS) is 9.21. The van der Waals surface area contributed by atoms with Crippen LogP contribution in [-0.4, -0.2) is 12.1 Å². The molecule has 0 saturated heterocycles. The van der Waals surface area contributed by atoms with Gasteiger partial charge in [0.1, 0.15) is 6.29 Å². The van der Waals surface area contributed by atoms with Crippen molar-refractivity contribution in [3.8, 4) is 6.07 Å². The molecule has 70 valence electrons. The fourth-order valence-electron chi connectivity index (χ4n) is 1.29. The Hall–Kier alpha value is -1.95. The second kappa shape index (κ2) is 3.84. The Labute approximate surface area is 82.0 Å². The number of nitrogens with zero attached hydrogens (tertiary/aromatic N) is 1. The molecule has 0 aliphatic heterocycles. The lowest BCUT2D eigenvalue weighted by Crippen LogP contribution is -2.01. The minimum absolute atomic E-state index is 0.136. The zero-order valence-electron chi connectivity index (χ0n) is 8.00. The highest BCUT2D eigenvalue weighted by atomic mass is 16.1. The fraction of sp³-hybridized carbons (Fsp3) is 0.182. The second-order valence-corrected chi connectivity index (χ2v) is 3.02. The number of Topliss-reactive ketones (excluding diaryl/α,β-unsaturated/α-hetero) is 1. The highest BCUT2D eigenvalue weighted by Gasteiger charge is 2.09. The summed E-state index contributed by atoms with van der Waals surface area (Å²) in [6.45, 7) is 3.11. The van der Waals surface area contributed by atoms with Crippen molar-refractivity contribution in [3.05, 3.63) is 34.4 Å². The summed E-state index contributed by atoms with van der Waals surface area (Å²) in [5.74, 6) is -0.136. The minimum atomic E-state index is -0.136. The van der Waals surface area contributed by atoms with E-state index in [1.807, 2.05) is 6.07 Å². The van der Waals surface area contributed by atoms with Crippen molar-refractivity contribution >= 4 is 12.1 Å². The highest BCUT2D eigenvalue weighted by molar-refractivity contribution is 5.98. The van der Waals surface area contributed by atoms with Gasteiger partial charge in [0.05, 0.1) is 11.6 Å². The largest absolute Gasteiger partial charge is 0.298 e. The van der Waals surface area contributed by atoms with Gasteiger partial charge in [0, 0.05) is 11.1 Å². The predicted octanol–water partition coefficient (Wildman–Crippen LogP) is 1.88. The van der Waals surface area contributed by atoms with Crippen LogP contribution in [0.2, 0.25) is 0 Å². The summed E-state index contributed by atoms with van der Waals surface area (Å²) >= 11 is 0. The number of aldehydes is 1. The first-order valence-corrected chi connectivity index (χ1v) is 4.11. The average Bonchev–Trinajstić information content (AvgIpc) is 2.17. The topological polar surface area (TPSA) is 57.9 Å². The monoisotopic (exact) mass is 187 g/mol. The molecule has 0 N–H and O–H groups in total. The number of benzene rings is 1. The Bertz CT molecular complexity index is 441. The molecule has 0 atom stereocenters. The van der Waals surface area contributed by atoms with Crippen LogP contribution in [0, 0.1) is 18.3 Å². The van der Waals surface area contributed by atoms with E-state index in [-0.39, 0.29) is 5.78 Å². The SMILES string of the molecule is CC(=O)c1cc(C#N)cc(C=O)c1C.